The summed E-state index contributed by atoms with van der Waals surface area (Å²) >= 11 is 0. The maximum Gasteiger partial charge on any atom is 0.338 e. The number of aromatic nitrogens is 1. The number of esters is 1. The number of hydrogen-bond acceptors (Lipinski definition) is 4. The van der Waals surface area contributed by atoms with Crippen molar-refractivity contribution in [3.8, 4) is 5.69 Å². The molecule has 1 heterocycles. The Bertz CT molecular complexity index is 1040. The third kappa shape index (κ3) is 4.79. The fraction of sp³-hybridized carbons (Fsp3) is 0.174. The molecule has 0 aliphatic heterocycles. The van der Waals surface area contributed by atoms with Crippen LogP contribution in [-0.4, -0.2) is 28.3 Å². The molecule has 1 aromatic heterocycles. The van der Waals surface area contributed by atoms with Crippen LogP contribution in [0, 0.1) is 6.92 Å². The highest BCUT2D eigenvalue weighted by atomic mass is 16.5. The molecule has 0 aliphatic carbocycles. The molecular weight excluding hydrogens is 368 g/mol. The highest BCUT2D eigenvalue weighted by molar-refractivity contribution is 5.98. The van der Waals surface area contributed by atoms with Crippen LogP contribution in [0.4, 0.5) is 5.69 Å². The highest BCUT2D eigenvalue weighted by Gasteiger charge is 2.20. The number of nitrogens with zero attached hydrogens (tertiary/aromatic N) is 1. The van der Waals surface area contributed by atoms with Crippen LogP contribution in [0.5, 0.6) is 0 Å². The van der Waals surface area contributed by atoms with Crippen LogP contribution in [0.15, 0.2) is 67.0 Å². The molecule has 3 aromatic rings. The number of ether oxygens (including phenoxy) is 1. The second-order valence-electron chi connectivity index (χ2n) is 6.76. The van der Waals surface area contributed by atoms with Crippen LogP contribution in [0.25, 0.3) is 5.69 Å². The SMILES string of the molecule is CC(=O)c1ccc(NC(=O)C(C)OC(=O)c2ccc(C)c(-n3cccc3)c2)cc1. The van der Waals surface area contributed by atoms with E-state index < -0.39 is 18.0 Å². The van der Waals surface area contributed by atoms with Gasteiger partial charge in [-0.1, -0.05) is 6.07 Å². The number of ketones is 1. The van der Waals surface area contributed by atoms with E-state index in [-0.39, 0.29) is 5.78 Å². The predicted octanol–water partition coefficient (Wildman–Crippen LogP) is 4.17. The number of carbonyl (C=O) groups is 3. The summed E-state index contributed by atoms with van der Waals surface area (Å²) < 4.78 is 7.24. The quantitative estimate of drug-likeness (QED) is 0.506. The average molecular weight is 390 g/mol. The van der Waals surface area contributed by atoms with E-state index in [0.717, 1.165) is 11.3 Å². The van der Waals surface area contributed by atoms with Crippen molar-refractivity contribution in [1.82, 2.24) is 4.57 Å². The van der Waals surface area contributed by atoms with Gasteiger partial charge in [0.25, 0.3) is 5.91 Å². The van der Waals surface area contributed by atoms with Gasteiger partial charge in [0.2, 0.25) is 0 Å². The first kappa shape index (κ1) is 20.1. The molecule has 29 heavy (non-hydrogen) atoms. The average Bonchev–Trinajstić information content (AvgIpc) is 3.23. The van der Waals surface area contributed by atoms with Crippen LogP contribution in [0.2, 0.25) is 0 Å². The lowest BCUT2D eigenvalue weighted by molar-refractivity contribution is -0.123. The molecule has 0 bridgehead atoms. The molecule has 0 fully saturated rings. The molecule has 0 radical (unpaired) electrons. The summed E-state index contributed by atoms with van der Waals surface area (Å²) in [4.78, 5) is 36.2. The topological polar surface area (TPSA) is 77.4 Å². The van der Waals surface area contributed by atoms with Crippen LogP contribution < -0.4 is 5.32 Å². The molecule has 1 atom stereocenters. The van der Waals surface area contributed by atoms with Gasteiger partial charge in [0.15, 0.2) is 11.9 Å². The molecule has 0 saturated carbocycles. The number of nitrogens with one attached hydrogen (secondary N) is 1. The summed E-state index contributed by atoms with van der Waals surface area (Å²) in [6.45, 7) is 4.94. The Labute approximate surface area is 169 Å². The smallest absolute Gasteiger partial charge is 0.338 e. The lowest BCUT2D eigenvalue weighted by Gasteiger charge is -2.15. The van der Waals surface area contributed by atoms with E-state index in [1.807, 2.05) is 42.1 Å². The Morgan fingerprint density at radius 1 is 0.966 bits per heavy atom. The molecule has 3 rings (SSSR count). The van der Waals surface area contributed by atoms with Crippen LogP contribution in [0.1, 0.15) is 40.1 Å². The van der Waals surface area contributed by atoms with E-state index in [2.05, 4.69) is 5.32 Å². The number of rotatable bonds is 6. The summed E-state index contributed by atoms with van der Waals surface area (Å²) in [6, 6.07) is 15.6. The van der Waals surface area contributed by atoms with Gasteiger partial charge in [-0.25, -0.2) is 4.79 Å². The predicted molar refractivity (Wildman–Crippen MR) is 110 cm³/mol. The summed E-state index contributed by atoms with van der Waals surface area (Å²) in [5.74, 6) is -1.08. The Morgan fingerprint density at radius 2 is 1.59 bits per heavy atom. The molecule has 1 amide bonds. The van der Waals surface area contributed by atoms with Crippen molar-refractivity contribution in [3.63, 3.8) is 0 Å². The maximum absolute atomic E-state index is 12.5. The third-order valence-electron chi connectivity index (χ3n) is 4.54. The van der Waals surface area contributed by atoms with Crippen molar-refractivity contribution in [2.75, 3.05) is 5.32 Å². The van der Waals surface area contributed by atoms with Crippen molar-refractivity contribution >= 4 is 23.3 Å². The van der Waals surface area contributed by atoms with E-state index in [1.54, 1.807) is 36.4 Å². The van der Waals surface area contributed by atoms with E-state index in [9.17, 15) is 14.4 Å². The molecule has 2 aromatic carbocycles. The van der Waals surface area contributed by atoms with Crippen molar-refractivity contribution in [2.24, 2.45) is 0 Å². The summed E-state index contributed by atoms with van der Waals surface area (Å²) in [6.07, 6.45) is 2.81. The fourth-order valence-electron chi connectivity index (χ4n) is 2.82. The van der Waals surface area contributed by atoms with Gasteiger partial charge in [-0.3, -0.25) is 9.59 Å². The minimum atomic E-state index is -0.980. The monoisotopic (exact) mass is 390 g/mol. The molecule has 0 aliphatic rings. The van der Waals surface area contributed by atoms with Gasteiger partial charge in [-0.15, -0.1) is 0 Å². The Balaban J connectivity index is 1.66. The summed E-state index contributed by atoms with van der Waals surface area (Å²) in [5.41, 5.74) is 3.32. The Hall–Kier alpha value is -3.67. The summed E-state index contributed by atoms with van der Waals surface area (Å²) in [7, 11) is 0. The largest absolute Gasteiger partial charge is 0.449 e. The Kier molecular flexibility index (Phi) is 5.93. The molecule has 148 valence electrons. The van der Waals surface area contributed by atoms with Gasteiger partial charge in [0, 0.05) is 29.3 Å². The molecular formula is C23H22N2O4. The first-order valence-corrected chi connectivity index (χ1v) is 9.22. The zero-order valence-corrected chi connectivity index (χ0v) is 16.5. The normalized spacial score (nSPS) is 11.6. The number of hydrogen-bond donors (Lipinski definition) is 1. The molecule has 1 N–H and O–H groups in total. The summed E-state index contributed by atoms with van der Waals surface area (Å²) in [5, 5.41) is 2.68. The van der Waals surface area contributed by atoms with Gasteiger partial charge >= 0.3 is 5.97 Å². The zero-order chi connectivity index (χ0) is 21.0. The third-order valence-corrected chi connectivity index (χ3v) is 4.54. The van der Waals surface area contributed by atoms with Gasteiger partial charge < -0.3 is 14.6 Å². The maximum atomic E-state index is 12.5. The standard InChI is InChI=1S/C23H22N2O4/c1-15-6-7-19(14-21(15)25-12-4-5-13-25)23(28)29-17(3)22(27)24-20-10-8-18(9-11-20)16(2)26/h4-14,17H,1-3H3,(H,24,27). The van der Waals surface area contributed by atoms with E-state index in [1.165, 1.54) is 13.8 Å². The van der Waals surface area contributed by atoms with Crippen LogP contribution in [0.3, 0.4) is 0 Å². The van der Waals surface area contributed by atoms with E-state index >= 15 is 0 Å². The van der Waals surface area contributed by atoms with Crippen molar-refractivity contribution in [1.29, 1.82) is 0 Å². The van der Waals surface area contributed by atoms with Gasteiger partial charge in [-0.05, 0) is 74.9 Å². The first-order valence-electron chi connectivity index (χ1n) is 9.22. The van der Waals surface area contributed by atoms with Gasteiger partial charge in [-0.2, -0.15) is 0 Å². The van der Waals surface area contributed by atoms with Crippen LogP contribution >= 0.6 is 0 Å². The second-order valence-corrected chi connectivity index (χ2v) is 6.76. The first-order chi connectivity index (χ1) is 13.8. The number of benzene rings is 2. The zero-order valence-electron chi connectivity index (χ0n) is 16.5. The van der Waals surface area contributed by atoms with Crippen LogP contribution in [-0.2, 0) is 9.53 Å². The molecule has 6 nitrogen and oxygen atoms in total. The van der Waals surface area contributed by atoms with Gasteiger partial charge in [0.1, 0.15) is 0 Å². The molecule has 0 saturated heterocycles. The number of amides is 1. The van der Waals surface area contributed by atoms with Crippen molar-refractivity contribution < 1.29 is 19.1 Å². The van der Waals surface area contributed by atoms with Crippen molar-refractivity contribution in [2.45, 2.75) is 26.9 Å². The lowest BCUT2D eigenvalue weighted by Crippen LogP contribution is -2.30. The number of aryl methyl sites for hydroxylation is 1. The highest BCUT2D eigenvalue weighted by Crippen LogP contribution is 2.18. The molecule has 1 unspecified atom stereocenters. The number of carbonyl (C=O) groups excluding carboxylic acids is 3. The lowest BCUT2D eigenvalue weighted by atomic mass is 10.1. The molecule has 6 heteroatoms. The minimum Gasteiger partial charge on any atom is -0.449 e. The Morgan fingerprint density at radius 3 is 2.21 bits per heavy atom. The van der Waals surface area contributed by atoms with Crippen molar-refractivity contribution in [3.05, 3.63) is 83.7 Å². The molecule has 0 spiro atoms. The van der Waals surface area contributed by atoms with E-state index in [0.29, 0.717) is 16.8 Å². The number of Topliss-reactive ketones (excluding diaryl/α,β-unsaturated/α-hetero) is 1. The van der Waals surface area contributed by atoms with E-state index in [4.69, 9.17) is 4.74 Å². The van der Waals surface area contributed by atoms with Gasteiger partial charge in [0.05, 0.1) is 5.56 Å². The fourth-order valence-corrected chi connectivity index (χ4v) is 2.82. The number of anilines is 1. The second kappa shape index (κ2) is 8.56. The minimum absolute atomic E-state index is 0.0532.